The van der Waals surface area contributed by atoms with Gasteiger partial charge in [-0.2, -0.15) is 5.26 Å². The highest BCUT2D eigenvalue weighted by molar-refractivity contribution is 5.94. The van der Waals surface area contributed by atoms with Gasteiger partial charge in [0.15, 0.2) is 12.0 Å². The van der Waals surface area contributed by atoms with E-state index in [4.69, 9.17) is 5.26 Å². The summed E-state index contributed by atoms with van der Waals surface area (Å²) in [4.78, 5) is 22.3. The zero-order chi connectivity index (χ0) is 15.3. The lowest BCUT2D eigenvalue weighted by molar-refractivity contribution is -0.274. The Hall–Kier alpha value is -2.56. The third-order valence-corrected chi connectivity index (χ3v) is 2.09. The number of alkyl halides is 3. The van der Waals surface area contributed by atoms with Crippen LogP contribution in [-0.4, -0.2) is 25.2 Å². The Labute approximate surface area is 111 Å². The zero-order valence-corrected chi connectivity index (χ0v) is 10.2. The number of esters is 1. The third-order valence-electron chi connectivity index (χ3n) is 2.09. The SMILES string of the molecule is CCOC(=O)c1cc(C#N)c(OC(F)(F)F)c(C=O)c1. The lowest BCUT2D eigenvalue weighted by Gasteiger charge is -2.13. The number of hydrogen-bond acceptors (Lipinski definition) is 5. The number of aldehydes is 1. The van der Waals surface area contributed by atoms with E-state index in [2.05, 4.69) is 9.47 Å². The minimum atomic E-state index is -5.06. The Morgan fingerprint density at radius 3 is 2.55 bits per heavy atom. The lowest BCUT2D eigenvalue weighted by Crippen LogP contribution is -2.19. The number of nitrogens with zero attached hydrogens (tertiary/aromatic N) is 1. The fraction of sp³-hybridized carbons (Fsp3) is 0.250. The number of carbonyl (C=O) groups is 2. The van der Waals surface area contributed by atoms with E-state index in [-0.39, 0.29) is 18.5 Å². The van der Waals surface area contributed by atoms with Gasteiger partial charge in [-0.15, -0.1) is 13.2 Å². The molecule has 0 saturated heterocycles. The molecular formula is C12H8F3NO4. The second-order valence-corrected chi connectivity index (χ2v) is 3.44. The van der Waals surface area contributed by atoms with Crippen molar-refractivity contribution in [2.75, 3.05) is 6.61 Å². The summed E-state index contributed by atoms with van der Waals surface area (Å²) in [6, 6.07) is 3.17. The van der Waals surface area contributed by atoms with Crippen LogP contribution in [0.3, 0.4) is 0 Å². The number of hydrogen-bond donors (Lipinski definition) is 0. The molecule has 0 aliphatic heterocycles. The molecule has 0 aromatic heterocycles. The van der Waals surface area contributed by atoms with Gasteiger partial charge in [0.2, 0.25) is 0 Å². The number of ether oxygens (including phenoxy) is 2. The van der Waals surface area contributed by atoms with Crippen molar-refractivity contribution < 1.29 is 32.2 Å². The molecule has 0 aliphatic carbocycles. The molecule has 5 nitrogen and oxygen atoms in total. The molecule has 106 valence electrons. The number of carbonyl (C=O) groups excluding carboxylic acids is 2. The minimum absolute atomic E-state index is 0.0396. The first kappa shape index (κ1) is 15.5. The smallest absolute Gasteiger partial charge is 0.462 e. The first-order valence-corrected chi connectivity index (χ1v) is 5.28. The van der Waals surface area contributed by atoms with Gasteiger partial charge in [0.1, 0.15) is 6.07 Å². The van der Waals surface area contributed by atoms with Crippen LogP contribution in [0.2, 0.25) is 0 Å². The molecule has 0 bridgehead atoms. The Morgan fingerprint density at radius 1 is 1.45 bits per heavy atom. The van der Waals surface area contributed by atoms with E-state index in [0.717, 1.165) is 12.1 Å². The molecule has 0 atom stereocenters. The van der Waals surface area contributed by atoms with Crippen LogP contribution in [0.15, 0.2) is 12.1 Å². The van der Waals surface area contributed by atoms with Crippen LogP contribution in [0, 0.1) is 11.3 Å². The fourth-order valence-electron chi connectivity index (χ4n) is 1.38. The number of halogens is 3. The van der Waals surface area contributed by atoms with Gasteiger partial charge in [0, 0.05) is 0 Å². The van der Waals surface area contributed by atoms with E-state index in [1.54, 1.807) is 0 Å². The van der Waals surface area contributed by atoms with Gasteiger partial charge in [-0.25, -0.2) is 4.79 Å². The summed E-state index contributed by atoms with van der Waals surface area (Å²) < 4.78 is 44.9. The largest absolute Gasteiger partial charge is 0.573 e. The molecule has 0 heterocycles. The summed E-state index contributed by atoms with van der Waals surface area (Å²) in [6.07, 6.45) is -5.00. The standard InChI is InChI=1S/C12H8F3NO4/c1-2-19-11(18)7-3-8(5-16)10(9(4-7)6-17)20-12(13,14)15/h3-4,6H,2H2,1H3. The molecule has 0 fully saturated rings. The molecular weight excluding hydrogens is 279 g/mol. The Kier molecular flexibility index (Phi) is 4.69. The fourth-order valence-corrected chi connectivity index (χ4v) is 1.38. The van der Waals surface area contributed by atoms with Crippen LogP contribution in [-0.2, 0) is 4.74 Å². The van der Waals surface area contributed by atoms with E-state index in [0.29, 0.717) is 0 Å². The van der Waals surface area contributed by atoms with E-state index >= 15 is 0 Å². The van der Waals surface area contributed by atoms with E-state index in [1.807, 2.05) is 0 Å². The summed E-state index contributed by atoms with van der Waals surface area (Å²) in [5.41, 5.74) is -1.36. The van der Waals surface area contributed by atoms with Gasteiger partial charge in [-0.1, -0.05) is 0 Å². The van der Waals surface area contributed by atoms with E-state index in [9.17, 15) is 22.8 Å². The Morgan fingerprint density at radius 2 is 2.10 bits per heavy atom. The van der Waals surface area contributed by atoms with Crippen molar-refractivity contribution in [3.8, 4) is 11.8 Å². The van der Waals surface area contributed by atoms with Crippen LogP contribution < -0.4 is 4.74 Å². The van der Waals surface area contributed by atoms with Crippen LogP contribution in [0.5, 0.6) is 5.75 Å². The lowest BCUT2D eigenvalue weighted by atomic mass is 10.1. The average molecular weight is 287 g/mol. The van der Waals surface area contributed by atoms with Crippen molar-refractivity contribution in [1.82, 2.24) is 0 Å². The molecule has 1 rings (SSSR count). The van der Waals surface area contributed by atoms with Gasteiger partial charge >= 0.3 is 12.3 Å². The van der Waals surface area contributed by atoms with Gasteiger partial charge in [-0.3, -0.25) is 4.79 Å². The number of nitriles is 1. The minimum Gasteiger partial charge on any atom is -0.462 e. The van der Waals surface area contributed by atoms with Crippen molar-refractivity contribution in [3.63, 3.8) is 0 Å². The second kappa shape index (κ2) is 6.06. The van der Waals surface area contributed by atoms with E-state index in [1.165, 1.54) is 13.0 Å². The Bertz CT molecular complexity index is 575. The topological polar surface area (TPSA) is 76.4 Å². The predicted molar refractivity (Wildman–Crippen MR) is 59.2 cm³/mol. The summed E-state index contributed by atoms with van der Waals surface area (Å²) in [6.45, 7) is 1.57. The van der Waals surface area contributed by atoms with Gasteiger partial charge < -0.3 is 9.47 Å². The highest BCUT2D eigenvalue weighted by Crippen LogP contribution is 2.30. The molecule has 1 aromatic carbocycles. The summed E-state index contributed by atoms with van der Waals surface area (Å²) in [5, 5.41) is 8.81. The first-order chi connectivity index (χ1) is 9.32. The highest BCUT2D eigenvalue weighted by Gasteiger charge is 2.34. The highest BCUT2D eigenvalue weighted by atomic mass is 19.4. The molecule has 0 radical (unpaired) electrons. The van der Waals surface area contributed by atoms with Crippen LogP contribution in [0.25, 0.3) is 0 Å². The van der Waals surface area contributed by atoms with Crippen LogP contribution in [0.4, 0.5) is 13.2 Å². The van der Waals surface area contributed by atoms with Crippen molar-refractivity contribution in [2.45, 2.75) is 13.3 Å². The quantitative estimate of drug-likeness (QED) is 0.628. The molecule has 0 spiro atoms. The number of benzene rings is 1. The van der Waals surface area contributed by atoms with Gasteiger partial charge in [0.25, 0.3) is 0 Å². The van der Waals surface area contributed by atoms with Crippen LogP contribution in [0.1, 0.15) is 33.2 Å². The normalized spacial score (nSPS) is 10.6. The predicted octanol–water partition coefficient (Wildman–Crippen LogP) is 2.45. The molecule has 20 heavy (non-hydrogen) atoms. The Balaban J connectivity index is 3.37. The van der Waals surface area contributed by atoms with Crippen molar-refractivity contribution in [3.05, 3.63) is 28.8 Å². The summed E-state index contributed by atoms with van der Waals surface area (Å²) >= 11 is 0. The molecule has 0 unspecified atom stereocenters. The van der Waals surface area contributed by atoms with Crippen molar-refractivity contribution >= 4 is 12.3 Å². The summed E-state index contributed by atoms with van der Waals surface area (Å²) in [7, 11) is 0. The third kappa shape index (κ3) is 3.71. The van der Waals surface area contributed by atoms with Gasteiger partial charge in [-0.05, 0) is 19.1 Å². The molecule has 0 amide bonds. The van der Waals surface area contributed by atoms with Crippen molar-refractivity contribution in [2.24, 2.45) is 0 Å². The maximum Gasteiger partial charge on any atom is 0.573 e. The molecule has 0 N–H and O–H groups in total. The van der Waals surface area contributed by atoms with Crippen molar-refractivity contribution in [1.29, 1.82) is 5.26 Å². The molecule has 0 saturated carbocycles. The monoisotopic (exact) mass is 287 g/mol. The average Bonchev–Trinajstić information content (AvgIpc) is 2.37. The zero-order valence-electron chi connectivity index (χ0n) is 10.2. The van der Waals surface area contributed by atoms with E-state index < -0.39 is 29.2 Å². The van der Waals surface area contributed by atoms with Crippen LogP contribution >= 0.6 is 0 Å². The number of rotatable bonds is 4. The maximum atomic E-state index is 12.2. The maximum absolute atomic E-state index is 12.2. The summed E-state index contributed by atoms with van der Waals surface area (Å²) in [5.74, 6) is -1.80. The second-order valence-electron chi connectivity index (χ2n) is 3.44. The molecule has 8 heteroatoms. The molecule has 0 aliphatic rings. The first-order valence-electron chi connectivity index (χ1n) is 5.28. The van der Waals surface area contributed by atoms with Gasteiger partial charge in [0.05, 0.1) is 23.3 Å². The molecule has 1 aromatic rings.